The van der Waals surface area contributed by atoms with E-state index in [9.17, 15) is 4.79 Å². The molecule has 8 heteroatoms. The van der Waals surface area contributed by atoms with Crippen molar-refractivity contribution in [2.75, 3.05) is 11.9 Å². The van der Waals surface area contributed by atoms with Gasteiger partial charge in [0.05, 0.1) is 11.8 Å². The molecule has 4 rings (SSSR count). The van der Waals surface area contributed by atoms with Crippen molar-refractivity contribution in [1.82, 2.24) is 29.4 Å². The van der Waals surface area contributed by atoms with E-state index < -0.39 is 0 Å². The Morgan fingerprint density at radius 2 is 2.17 bits per heavy atom. The molecule has 0 radical (unpaired) electrons. The van der Waals surface area contributed by atoms with Gasteiger partial charge in [-0.15, -0.1) is 0 Å². The van der Waals surface area contributed by atoms with Gasteiger partial charge >= 0.3 is 0 Å². The highest BCUT2D eigenvalue weighted by atomic mass is 16.2. The fourth-order valence-corrected chi connectivity index (χ4v) is 3.83. The van der Waals surface area contributed by atoms with E-state index in [0.29, 0.717) is 12.1 Å². The molecule has 1 atom stereocenters. The van der Waals surface area contributed by atoms with Gasteiger partial charge in [-0.25, -0.2) is 4.98 Å². The lowest BCUT2D eigenvalue weighted by atomic mass is 9.98. The van der Waals surface area contributed by atoms with Crippen molar-refractivity contribution in [3.8, 4) is 0 Å². The highest BCUT2D eigenvalue weighted by molar-refractivity contribution is 5.94. The van der Waals surface area contributed by atoms with Crippen LogP contribution in [0.3, 0.4) is 0 Å². The molecule has 0 bridgehead atoms. The van der Waals surface area contributed by atoms with Gasteiger partial charge in [-0.05, 0) is 43.9 Å². The van der Waals surface area contributed by atoms with E-state index in [1.807, 2.05) is 53.4 Å². The van der Waals surface area contributed by atoms with Gasteiger partial charge in [-0.2, -0.15) is 10.2 Å². The number of rotatable bonds is 7. The fourth-order valence-electron chi connectivity index (χ4n) is 3.83. The van der Waals surface area contributed by atoms with Crippen molar-refractivity contribution in [2.45, 2.75) is 44.8 Å². The van der Waals surface area contributed by atoms with Crippen LogP contribution in [-0.2, 0) is 20.1 Å². The maximum atomic E-state index is 13.1. The number of carbonyl (C=O) groups is 1. The number of likely N-dealkylation sites (tertiary alicyclic amines) is 1. The Balaban J connectivity index is 1.36. The second-order valence-corrected chi connectivity index (χ2v) is 7.51. The molecule has 1 N–H and O–H groups in total. The Labute approximate surface area is 170 Å². The summed E-state index contributed by atoms with van der Waals surface area (Å²) in [5.41, 5.74) is 1.73. The summed E-state index contributed by atoms with van der Waals surface area (Å²) in [6.07, 6.45) is 13.4. The second kappa shape index (κ2) is 8.89. The lowest BCUT2D eigenvalue weighted by Crippen LogP contribution is -2.44. The molecule has 29 heavy (non-hydrogen) atoms. The third-order valence-corrected chi connectivity index (χ3v) is 5.38. The lowest BCUT2D eigenvalue weighted by molar-refractivity contribution is 0.0593. The number of anilines is 1. The number of nitrogens with zero attached hydrogens (tertiary/aromatic N) is 6. The van der Waals surface area contributed by atoms with Crippen molar-refractivity contribution in [1.29, 1.82) is 0 Å². The Kier molecular flexibility index (Phi) is 5.88. The van der Waals surface area contributed by atoms with Crippen LogP contribution in [0, 0.1) is 0 Å². The fraction of sp³-hybridized carbons (Fsp3) is 0.429. The van der Waals surface area contributed by atoms with Crippen LogP contribution in [0.5, 0.6) is 0 Å². The Morgan fingerprint density at radius 1 is 1.24 bits per heavy atom. The van der Waals surface area contributed by atoms with Gasteiger partial charge in [0.1, 0.15) is 5.82 Å². The van der Waals surface area contributed by atoms with E-state index in [4.69, 9.17) is 0 Å². The number of hydrogen-bond donors (Lipinski definition) is 1. The summed E-state index contributed by atoms with van der Waals surface area (Å²) in [5.74, 6) is 0.820. The Bertz CT molecular complexity index is 917. The molecule has 0 aromatic carbocycles. The van der Waals surface area contributed by atoms with E-state index in [2.05, 4.69) is 20.5 Å². The minimum atomic E-state index is 0.0708. The zero-order valence-electron chi connectivity index (χ0n) is 16.7. The van der Waals surface area contributed by atoms with Crippen molar-refractivity contribution in [2.24, 2.45) is 7.05 Å². The highest BCUT2D eigenvalue weighted by Gasteiger charge is 2.27. The molecule has 1 saturated heterocycles. The van der Waals surface area contributed by atoms with Gasteiger partial charge in [0.15, 0.2) is 0 Å². The summed E-state index contributed by atoms with van der Waals surface area (Å²) >= 11 is 0. The van der Waals surface area contributed by atoms with Crippen LogP contribution in [0.2, 0.25) is 0 Å². The standard InChI is InChI=1S/C21H27N7O/c1-26-16-17(14-25-26)13-22-20-7-6-18(15-23-20)21(29)28-11-3-2-5-19(28)8-12-27-10-4-9-24-27/h4,6-7,9-10,14-16,19H,2-3,5,8,11-13H2,1H3,(H,22,23). The molecule has 0 spiro atoms. The van der Waals surface area contributed by atoms with Crippen LogP contribution in [0.25, 0.3) is 0 Å². The van der Waals surface area contributed by atoms with Crippen molar-refractivity contribution in [3.05, 3.63) is 60.3 Å². The summed E-state index contributed by atoms with van der Waals surface area (Å²) < 4.78 is 3.70. The first-order valence-electron chi connectivity index (χ1n) is 10.1. The first-order chi connectivity index (χ1) is 14.2. The maximum absolute atomic E-state index is 13.1. The predicted octanol–water partition coefficient (Wildman–Crippen LogP) is 2.71. The van der Waals surface area contributed by atoms with Crippen LogP contribution in [0.1, 0.15) is 41.6 Å². The Morgan fingerprint density at radius 3 is 2.90 bits per heavy atom. The van der Waals surface area contributed by atoms with Crippen LogP contribution in [0.15, 0.2) is 49.2 Å². The van der Waals surface area contributed by atoms with E-state index in [1.54, 1.807) is 17.1 Å². The van der Waals surface area contributed by atoms with Crippen molar-refractivity contribution in [3.63, 3.8) is 0 Å². The minimum Gasteiger partial charge on any atom is -0.366 e. The smallest absolute Gasteiger partial charge is 0.255 e. The Hall–Kier alpha value is -3.16. The number of aromatic nitrogens is 5. The molecule has 0 aliphatic carbocycles. The molecule has 1 aliphatic rings. The molecule has 0 saturated carbocycles. The van der Waals surface area contributed by atoms with E-state index >= 15 is 0 Å². The number of piperidine rings is 1. The normalized spacial score (nSPS) is 16.7. The minimum absolute atomic E-state index is 0.0708. The molecule has 8 nitrogen and oxygen atoms in total. The number of pyridine rings is 1. The SMILES string of the molecule is Cn1cc(CNc2ccc(C(=O)N3CCCCC3CCn3cccn3)cn2)cn1. The number of hydrogen-bond acceptors (Lipinski definition) is 5. The van der Waals surface area contributed by atoms with Crippen LogP contribution in [-0.4, -0.2) is 47.9 Å². The summed E-state index contributed by atoms with van der Waals surface area (Å²) in [5, 5.41) is 11.7. The highest BCUT2D eigenvalue weighted by Crippen LogP contribution is 2.23. The molecule has 4 heterocycles. The quantitative estimate of drug-likeness (QED) is 0.668. The van der Waals surface area contributed by atoms with Crippen LogP contribution >= 0.6 is 0 Å². The van der Waals surface area contributed by atoms with Gasteiger partial charge in [0.2, 0.25) is 0 Å². The first kappa shape index (κ1) is 19.2. The van der Waals surface area contributed by atoms with Gasteiger partial charge in [0.25, 0.3) is 5.91 Å². The van der Waals surface area contributed by atoms with E-state index in [0.717, 1.165) is 43.7 Å². The number of nitrogens with one attached hydrogen (secondary N) is 1. The summed E-state index contributed by atoms with van der Waals surface area (Å²) in [7, 11) is 1.89. The summed E-state index contributed by atoms with van der Waals surface area (Å²) in [4.78, 5) is 19.5. The van der Waals surface area contributed by atoms with Crippen LogP contribution in [0.4, 0.5) is 5.82 Å². The molecular formula is C21H27N7O. The van der Waals surface area contributed by atoms with Gasteiger partial charge in [-0.1, -0.05) is 0 Å². The molecule has 3 aromatic heterocycles. The second-order valence-electron chi connectivity index (χ2n) is 7.51. The average Bonchev–Trinajstić information content (AvgIpc) is 3.42. The van der Waals surface area contributed by atoms with E-state index in [-0.39, 0.29) is 11.9 Å². The molecule has 1 amide bonds. The van der Waals surface area contributed by atoms with Gasteiger partial charge < -0.3 is 10.2 Å². The lowest BCUT2D eigenvalue weighted by Gasteiger charge is -2.36. The number of carbonyl (C=O) groups excluding carboxylic acids is 1. The predicted molar refractivity (Wildman–Crippen MR) is 110 cm³/mol. The first-order valence-corrected chi connectivity index (χ1v) is 10.1. The topological polar surface area (TPSA) is 80.9 Å². The van der Waals surface area contributed by atoms with Crippen molar-refractivity contribution >= 4 is 11.7 Å². The largest absolute Gasteiger partial charge is 0.366 e. The van der Waals surface area contributed by atoms with Crippen LogP contribution < -0.4 is 5.32 Å². The number of amides is 1. The zero-order chi connectivity index (χ0) is 20.1. The number of aryl methyl sites for hydroxylation is 2. The zero-order valence-corrected chi connectivity index (χ0v) is 16.7. The van der Waals surface area contributed by atoms with Gasteiger partial charge in [-0.3, -0.25) is 14.2 Å². The molecule has 1 fully saturated rings. The monoisotopic (exact) mass is 393 g/mol. The summed E-state index contributed by atoms with van der Waals surface area (Å²) in [6, 6.07) is 5.91. The van der Waals surface area contributed by atoms with Gasteiger partial charge in [0, 0.05) is 63.1 Å². The molecule has 3 aromatic rings. The molecule has 152 valence electrons. The molecule has 1 aliphatic heterocycles. The third-order valence-electron chi connectivity index (χ3n) is 5.38. The third kappa shape index (κ3) is 4.82. The average molecular weight is 393 g/mol. The molecular weight excluding hydrogens is 366 g/mol. The van der Waals surface area contributed by atoms with E-state index in [1.165, 1.54) is 6.42 Å². The maximum Gasteiger partial charge on any atom is 0.255 e. The van der Waals surface area contributed by atoms with Crippen molar-refractivity contribution < 1.29 is 4.79 Å². The summed E-state index contributed by atoms with van der Waals surface area (Å²) in [6.45, 7) is 2.29. The molecule has 1 unspecified atom stereocenters.